The molecule has 0 saturated carbocycles. The second-order valence-electron chi connectivity index (χ2n) is 4.76. The summed E-state index contributed by atoms with van der Waals surface area (Å²) in [5.74, 6) is 0.822. The predicted molar refractivity (Wildman–Crippen MR) is 79.4 cm³/mol. The number of benzene rings is 1. The van der Waals surface area contributed by atoms with Crippen molar-refractivity contribution in [2.75, 3.05) is 17.7 Å². The largest absolute Gasteiger partial charge is 0.399 e. The van der Waals surface area contributed by atoms with E-state index in [4.69, 9.17) is 5.73 Å². The molecule has 0 aliphatic rings. The fourth-order valence-electron chi connectivity index (χ4n) is 2.25. The van der Waals surface area contributed by atoms with E-state index in [0.717, 1.165) is 22.6 Å². The number of nitrogen functional groups attached to an aromatic ring is 1. The lowest BCUT2D eigenvalue weighted by atomic mass is 10.1. The van der Waals surface area contributed by atoms with Crippen LogP contribution in [0.3, 0.4) is 0 Å². The van der Waals surface area contributed by atoms with Gasteiger partial charge in [-0.2, -0.15) is 0 Å². The summed E-state index contributed by atoms with van der Waals surface area (Å²) in [4.78, 5) is 17.8. The molecule has 2 heterocycles. The Morgan fingerprint density at radius 2 is 2.10 bits per heavy atom. The monoisotopic (exact) mass is 268 g/mol. The van der Waals surface area contributed by atoms with Gasteiger partial charge in [0.05, 0.1) is 12.4 Å². The standard InChI is InChI=1S/C14H16N6/c1-9(10-4-3-5-11(15)6-10)20(2)14-12-13(17-7-16-12)18-8-19-14/h3-9H,15H2,1-2H3,(H,16,17,18,19). The van der Waals surface area contributed by atoms with Crippen LogP contribution < -0.4 is 10.6 Å². The molecule has 0 aliphatic heterocycles. The van der Waals surface area contributed by atoms with Crippen LogP contribution >= 0.6 is 0 Å². The van der Waals surface area contributed by atoms with E-state index < -0.39 is 0 Å². The Morgan fingerprint density at radius 3 is 2.90 bits per heavy atom. The van der Waals surface area contributed by atoms with Crippen LogP contribution in [-0.4, -0.2) is 27.0 Å². The number of nitrogens with one attached hydrogen (secondary N) is 1. The van der Waals surface area contributed by atoms with Crippen molar-refractivity contribution in [1.29, 1.82) is 0 Å². The van der Waals surface area contributed by atoms with Crippen molar-refractivity contribution in [2.24, 2.45) is 0 Å². The maximum absolute atomic E-state index is 5.85. The number of H-pyrrole nitrogens is 1. The minimum absolute atomic E-state index is 0.139. The molecule has 2 aromatic heterocycles. The van der Waals surface area contributed by atoms with Crippen molar-refractivity contribution < 1.29 is 0 Å². The molecule has 1 unspecified atom stereocenters. The van der Waals surface area contributed by atoms with Gasteiger partial charge < -0.3 is 15.6 Å². The first-order chi connectivity index (χ1) is 9.66. The molecule has 0 fully saturated rings. The Morgan fingerprint density at radius 1 is 1.25 bits per heavy atom. The zero-order chi connectivity index (χ0) is 14.1. The zero-order valence-corrected chi connectivity index (χ0v) is 11.4. The fraction of sp³-hybridized carbons (Fsp3) is 0.214. The van der Waals surface area contributed by atoms with Crippen molar-refractivity contribution in [2.45, 2.75) is 13.0 Å². The number of rotatable bonds is 3. The average Bonchev–Trinajstić information content (AvgIpc) is 2.94. The third-order valence-electron chi connectivity index (χ3n) is 3.51. The molecule has 0 amide bonds. The van der Waals surface area contributed by atoms with Crippen molar-refractivity contribution >= 4 is 22.7 Å². The summed E-state index contributed by atoms with van der Waals surface area (Å²) in [6.07, 6.45) is 3.16. The Bertz CT molecular complexity index is 735. The van der Waals surface area contributed by atoms with Crippen molar-refractivity contribution in [1.82, 2.24) is 19.9 Å². The summed E-state index contributed by atoms with van der Waals surface area (Å²) in [7, 11) is 2.00. The highest BCUT2D eigenvalue weighted by molar-refractivity contribution is 5.82. The Labute approximate surface area is 116 Å². The molecule has 0 spiro atoms. The van der Waals surface area contributed by atoms with Gasteiger partial charge in [-0.1, -0.05) is 12.1 Å². The number of aromatic nitrogens is 4. The summed E-state index contributed by atoms with van der Waals surface area (Å²) in [5.41, 5.74) is 9.25. The molecule has 6 heteroatoms. The maximum Gasteiger partial charge on any atom is 0.182 e. The Kier molecular flexibility index (Phi) is 2.98. The first kappa shape index (κ1) is 12.4. The molecule has 0 bridgehead atoms. The van der Waals surface area contributed by atoms with Crippen LogP contribution in [-0.2, 0) is 0 Å². The Balaban J connectivity index is 1.99. The van der Waals surface area contributed by atoms with Gasteiger partial charge in [-0.15, -0.1) is 0 Å². The smallest absolute Gasteiger partial charge is 0.182 e. The molecule has 0 aliphatic carbocycles. The highest BCUT2D eigenvalue weighted by Gasteiger charge is 2.17. The number of fused-ring (bicyclic) bond motifs is 1. The molecule has 3 aromatic rings. The van der Waals surface area contributed by atoms with E-state index in [1.807, 2.05) is 25.2 Å². The highest BCUT2D eigenvalue weighted by atomic mass is 15.2. The molecule has 1 atom stereocenters. The van der Waals surface area contributed by atoms with Crippen LogP contribution in [0.4, 0.5) is 11.5 Å². The normalized spacial score (nSPS) is 12.5. The summed E-state index contributed by atoms with van der Waals surface area (Å²) in [5, 5.41) is 0. The van der Waals surface area contributed by atoms with E-state index in [9.17, 15) is 0 Å². The number of aromatic amines is 1. The van der Waals surface area contributed by atoms with Gasteiger partial charge in [0.2, 0.25) is 0 Å². The zero-order valence-electron chi connectivity index (χ0n) is 11.4. The van der Waals surface area contributed by atoms with Gasteiger partial charge in [0, 0.05) is 12.7 Å². The van der Waals surface area contributed by atoms with Gasteiger partial charge in [-0.25, -0.2) is 15.0 Å². The summed E-state index contributed by atoms with van der Waals surface area (Å²) in [6.45, 7) is 2.11. The van der Waals surface area contributed by atoms with Crippen molar-refractivity contribution in [3.63, 3.8) is 0 Å². The predicted octanol–water partition coefficient (Wildman–Crippen LogP) is 2.13. The van der Waals surface area contributed by atoms with Crippen molar-refractivity contribution in [3.8, 4) is 0 Å². The first-order valence-corrected chi connectivity index (χ1v) is 6.39. The lowest BCUT2D eigenvalue weighted by molar-refractivity contribution is 0.730. The molecule has 1 aromatic carbocycles. The molecule has 20 heavy (non-hydrogen) atoms. The van der Waals surface area contributed by atoms with Gasteiger partial charge in [-0.3, -0.25) is 0 Å². The van der Waals surface area contributed by atoms with Crippen LogP contribution in [0.15, 0.2) is 36.9 Å². The molecule has 102 valence electrons. The number of nitrogens with two attached hydrogens (primary N) is 1. The van der Waals surface area contributed by atoms with Crippen LogP contribution in [0.2, 0.25) is 0 Å². The first-order valence-electron chi connectivity index (χ1n) is 6.39. The molecular weight excluding hydrogens is 252 g/mol. The topological polar surface area (TPSA) is 83.7 Å². The van der Waals surface area contributed by atoms with Crippen LogP contribution in [0.5, 0.6) is 0 Å². The lowest BCUT2D eigenvalue weighted by Gasteiger charge is -2.26. The van der Waals surface area contributed by atoms with Gasteiger partial charge >= 0.3 is 0 Å². The van der Waals surface area contributed by atoms with E-state index >= 15 is 0 Å². The number of imidazole rings is 1. The van der Waals surface area contributed by atoms with E-state index in [0.29, 0.717) is 5.65 Å². The second kappa shape index (κ2) is 4.80. The minimum Gasteiger partial charge on any atom is -0.399 e. The van der Waals surface area contributed by atoms with E-state index in [2.05, 4.69) is 37.8 Å². The SMILES string of the molecule is CC(c1cccc(N)c1)N(C)c1ncnc2nc[nH]c12. The maximum atomic E-state index is 5.85. The van der Waals surface area contributed by atoms with Crippen LogP contribution in [0.25, 0.3) is 11.2 Å². The quantitative estimate of drug-likeness (QED) is 0.711. The van der Waals surface area contributed by atoms with E-state index in [1.165, 1.54) is 6.33 Å². The third kappa shape index (κ3) is 2.05. The summed E-state index contributed by atoms with van der Waals surface area (Å²) in [6, 6.07) is 8.02. The highest BCUT2D eigenvalue weighted by Crippen LogP contribution is 2.27. The van der Waals surface area contributed by atoms with E-state index in [-0.39, 0.29) is 6.04 Å². The van der Waals surface area contributed by atoms with Gasteiger partial charge in [0.15, 0.2) is 11.5 Å². The van der Waals surface area contributed by atoms with E-state index in [1.54, 1.807) is 6.33 Å². The number of hydrogen-bond acceptors (Lipinski definition) is 5. The number of hydrogen-bond donors (Lipinski definition) is 2. The van der Waals surface area contributed by atoms with Gasteiger partial charge in [-0.05, 0) is 24.6 Å². The Hall–Kier alpha value is -2.63. The molecule has 6 nitrogen and oxygen atoms in total. The van der Waals surface area contributed by atoms with Crippen LogP contribution in [0, 0.1) is 0 Å². The molecule has 0 saturated heterocycles. The lowest BCUT2D eigenvalue weighted by Crippen LogP contribution is -2.23. The fourth-order valence-corrected chi connectivity index (χ4v) is 2.25. The van der Waals surface area contributed by atoms with Crippen molar-refractivity contribution in [3.05, 3.63) is 42.5 Å². The molecule has 0 radical (unpaired) electrons. The average molecular weight is 268 g/mol. The molecule has 3 N–H and O–H groups in total. The summed E-state index contributed by atoms with van der Waals surface area (Å²) < 4.78 is 0. The minimum atomic E-state index is 0.139. The summed E-state index contributed by atoms with van der Waals surface area (Å²) >= 11 is 0. The molecular formula is C14H16N6. The molecule has 3 rings (SSSR count). The van der Waals surface area contributed by atoms with Gasteiger partial charge in [0.25, 0.3) is 0 Å². The van der Waals surface area contributed by atoms with Gasteiger partial charge in [0.1, 0.15) is 11.8 Å². The number of anilines is 2. The van der Waals surface area contributed by atoms with Crippen LogP contribution in [0.1, 0.15) is 18.5 Å². The third-order valence-corrected chi connectivity index (χ3v) is 3.51. The number of nitrogens with zero attached hydrogens (tertiary/aromatic N) is 4. The second-order valence-corrected chi connectivity index (χ2v) is 4.76.